The third kappa shape index (κ3) is 3.33. The first-order valence-corrected chi connectivity index (χ1v) is 6.78. The van der Waals surface area contributed by atoms with Gasteiger partial charge in [-0.25, -0.2) is 9.97 Å². The van der Waals surface area contributed by atoms with Gasteiger partial charge in [0.15, 0.2) is 0 Å². The van der Waals surface area contributed by atoms with Crippen LogP contribution in [0.3, 0.4) is 0 Å². The molecule has 1 saturated carbocycles. The van der Waals surface area contributed by atoms with Crippen LogP contribution in [-0.2, 0) is 11.2 Å². The predicted molar refractivity (Wildman–Crippen MR) is 74.6 cm³/mol. The van der Waals surface area contributed by atoms with Crippen LogP contribution in [0.15, 0.2) is 6.07 Å². The first-order chi connectivity index (χ1) is 9.10. The van der Waals surface area contributed by atoms with E-state index in [0.717, 1.165) is 18.7 Å². The van der Waals surface area contributed by atoms with Gasteiger partial charge >= 0.3 is 0 Å². The van der Waals surface area contributed by atoms with Crippen molar-refractivity contribution in [3.63, 3.8) is 0 Å². The number of nitrogen functional groups attached to an aromatic ring is 1. The summed E-state index contributed by atoms with van der Waals surface area (Å²) in [7, 11) is 0. The van der Waals surface area contributed by atoms with Crippen LogP contribution in [0.2, 0.25) is 0 Å². The highest BCUT2D eigenvalue weighted by atomic mass is 16.1. The Kier molecular flexibility index (Phi) is 4.19. The van der Waals surface area contributed by atoms with E-state index in [1.165, 1.54) is 12.8 Å². The van der Waals surface area contributed by atoms with Gasteiger partial charge in [0.1, 0.15) is 17.5 Å². The van der Waals surface area contributed by atoms with Crippen LogP contribution in [0.4, 0.5) is 11.6 Å². The lowest BCUT2D eigenvalue weighted by molar-refractivity contribution is -0.116. The number of rotatable bonds is 5. The Balaban J connectivity index is 2.30. The molecule has 2 rings (SSSR count). The molecule has 0 radical (unpaired) electrons. The fraction of sp³-hybridized carbons (Fsp3) is 0.615. The maximum absolute atomic E-state index is 11.3. The van der Waals surface area contributed by atoms with Gasteiger partial charge in [-0.3, -0.25) is 4.79 Å². The third-order valence-electron chi connectivity index (χ3n) is 3.48. The highest BCUT2D eigenvalue weighted by Gasteiger charge is 2.25. The summed E-state index contributed by atoms with van der Waals surface area (Å²) in [6.07, 6.45) is 5.21. The Bertz CT molecular complexity index is 456. The van der Waals surface area contributed by atoms with Crippen LogP contribution in [0.25, 0.3) is 0 Å². The highest BCUT2D eigenvalue weighted by molar-refractivity contribution is 5.79. The molecule has 1 heterocycles. The second-order valence-corrected chi connectivity index (χ2v) is 4.95. The molecule has 19 heavy (non-hydrogen) atoms. The minimum absolute atomic E-state index is 0.185. The van der Waals surface area contributed by atoms with Crippen LogP contribution in [0, 0.1) is 0 Å². The van der Waals surface area contributed by atoms with E-state index >= 15 is 0 Å². The van der Waals surface area contributed by atoms with Gasteiger partial charge in [-0.2, -0.15) is 0 Å². The molecule has 104 valence electrons. The molecule has 0 bridgehead atoms. The van der Waals surface area contributed by atoms with Gasteiger partial charge < -0.3 is 16.4 Å². The van der Waals surface area contributed by atoms with Crippen LogP contribution < -0.4 is 16.4 Å². The Morgan fingerprint density at radius 3 is 2.68 bits per heavy atom. The molecule has 0 aromatic carbocycles. The van der Waals surface area contributed by atoms with Crippen molar-refractivity contribution in [3.05, 3.63) is 11.9 Å². The predicted octanol–water partition coefficient (Wildman–Crippen LogP) is 0.855. The maximum atomic E-state index is 11.3. The van der Waals surface area contributed by atoms with E-state index < -0.39 is 0 Å². The van der Waals surface area contributed by atoms with Crippen LogP contribution >= 0.6 is 0 Å². The molecule has 1 amide bonds. The van der Waals surface area contributed by atoms with Gasteiger partial charge in [0.2, 0.25) is 5.91 Å². The van der Waals surface area contributed by atoms with Crippen molar-refractivity contribution in [2.45, 2.75) is 45.1 Å². The Labute approximate surface area is 113 Å². The second-order valence-electron chi connectivity index (χ2n) is 4.95. The Morgan fingerprint density at radius 2 is 2.11 bits per heavy atom. The maximum Gasteiger partial charge on any atom is 0.237 e. The zero-order valence-corrected chi connectivity index (χ0v) is 11.3. The van der Waals surface area contributed by atoms with Crippen molar-refractivity contribution in [2.75, 3.05) is 17.2 Å². The topological polar surface area (TPSA) is 98.1 Å². The number of anilines is 2. The first-order valence-electron chi connectivity index (χ1n) is 6.78. The van der Waals surface area contributed by atoms with Gasteiger partial charge in [0, 0.05) is 18.5 Å². The minimum Gasteiger partial charge on any atom is -0.384 e. The van der Waals surface area contributed by atoms with E-state index in [-0.39, 0.29) is 12.5 Å². The van der Waals surface area contributed by atoms with Crippen molar-refractivity contribution in [1.82, 2.24) is 9.97 Å². The Hall–Kier alpha value is -1.85. The van der Waals surface area contributed by atoms with E-state index in [0.29, 0.717) is 24.1 Å². The molecule has 6 heteroatoms. The summed E-state index contributed by atoms with van der Waals surface area (Å²) < 4.78 is 0. The van der Waals surface area contributed by atoms with Crippen LogP contribution in [-0.4, -0.2) is 28.5 Å². The molecule has 0 saturated heterocycles. The van der Waals surface area contributed by atoms with Crippen molar-refractivity contribution < 1.29 is 4.79 Å². The number of hydrogen-bond donors (Lipinski definition) is 2. The van der Waals surface area contributed by atoms with E-state index in [4.69, 9.17) is 11.5 Å². The number of aryl methyl sites for hydroxylation is 1. The minimum atomic E-state index is -0.345. The molecule has 0 unspecified atom stereocenters. The molecule has 6 nitrogen and oxygen atoms in total. The SMILES string of the molecule is CCc1nc(N)cc(N(CC(N)=O)C2CCCC2)n1. The average molecular weight is 263 g/mol. The normalized spacial score (nSPS) is 15.6. The molecule has 0 atom stereocenters. The van der Waals surface area contributed by atoms with E-state index in [1.54, 1.807) is 6.07 Å². The first kappa shape index (κ1) is 13.6. The average Bonchev–Trinajstić information content (AvgIpc) is 2.88. The van der Waals surface area contributed by atoms with E-state index in [9.17, 15) is 4.79 Å². The Morgan fingerprint density at radius 1 is 1.42 bits per heavy atom. The van der Waals surface area contributed by atoms with E-state index in [2.05, 4.69) is 9.97 Å². The van der Waals surface area contributed by atoms with Gasteiger partial charge in [-0.05, 0) is 12.8 Å². The molecule has 1 aromatic heterocycles. The molecule has 4 N–H and O–H groups in total. The second kappa shape index (κ2) is 5.86. The summed E-state index contributed by atoms with van der Waals surface area (Å²) >= 11 is 0. The molecule has 1 aliphatic rings. The van der Waals surface area contributed by atoms with Crippen molar-refractivity contribution in [2.24, 2.45) is 5.73 Å². The summed E-state index contributed by atoms with van der Waals surface area (Å²) in [5, 5.41) is 0. The number of nitrogens with two attached hydrogens (primary N) is 2. The lowest BCUT2D eigenvalue weighted by Gasteiger charge is -2.29. The third-order valence-corrected chi connectivity index (χ3v) is 3.48. The van der Waals surface area contributed by atoms with Crippen molar-refractivity contribution in [1.29, 1.82) is 0 Å². The number of carbonyl (C=O) groups excluding carboxylic acids is 1. The largest absolute Gasteiger partial charge is 0.384 e. The fourth-order valence-corrected chi connectivity index (χ4v) is 2.59. The summed E-state index contributed by atoms with van der Waals surface area (Å²) in [6.45, 7) is 2.16. The summed E-state index contributed by atoms with van der Waals surface area (Å²) in [5.74, 6) is 1.51. The van der Waals surface area contributed by atoms with Gasteiger partial charge in [0.25, 0.3) is 0 Å². The van der Waals surface area contributed by atoms with Crippen LogP contribution in [0.1, 0.15) is 38.4 Å². The molecule has 0 spiro atoms. The number of amides is 1. The van der Waals surface area contributed by atoms with Gasteiger partial charge in [-0.1, -0.05) is 19.8 Å². The highest BCUT2D eigenvalue weighted by Crippen LogP contribution is 2.27. The molecule has 1 aliphatic carbocycles. The van der Waals surface area contributed by atoms with Crippen LogP contribution in [0.5, 0.6) is 0 Å². The fourth-order valence-electron chi connectivity index (χ4n) is 2.59. The van der Waals surface area contributed by atoms with Crippen molar-refractivity contribution in [3.8, 4) is 0 Å². The van der Waals surface area contributed by atoms with Gasteiger partial charge in [-0.15, -0.1) is 0 Å². The molecular formula is C13H21N5O. The molecular weight excluding hydrogens is 242 g/mol. The number of aromatic nitrogens is 2. The van der Waals surface area contributed by atoms with Crippen molar-refractivity contribution >= 4 is 17.5 Å². The number of nitrogens with zero attached hydrogens (tertiary/aromatic N) is 3. The zero-order valence-electron chi connectivity index (χ0n) is 11.3. The molecule has 0 aliphatic heterocycles. The standard InChI is InChI=1S/C13H21N5O/c1-2-12-16-10(14)7-13(17-12)18(8-11(15)19)9-5-3-4-6-9/h7,9H,2-6,8H2,1H3,(H2,15,19)(H2,14,16,17). The number of hydrogen-bond acceptors (Lipinski definition) is 5. The van der Waals surface area contributed by atoms with Gasteiger partial charge in [0.05, 0.1) is 6.54 Å². The monoisotopic (exact) mass is 263 g/mol. The lowest BCUT2D eigenvalue weighted by Crippen LogP contribution is -2.41. The summed E-state index contributed by atoms with van der Waals surface area (Å²) in [5.41, 5.74) is 11.2. The zero-order chi connectivity index (χ0) is 13.8. The molecule has 1 aromatic rings. The smallest absolute Gasteiger partial charge is 0.237 e. The lowest BCUT2D eigenvalue weighted by atomic mass is 10.2. The molecule has 1 fully saturated rings. The van der Waals surface area contributed by atoms with E-state index in [1.807, 2.05) is 11.8 Å². The quantitative estimate of drug-likeness (QED) is 0.820. The number of primary amides is 1. The number of carbonyl (C=O) groups is 1. The summed E-state index contributed by atoms with van der Waals surface area (Å²) in [6, 6.07) is 2.05. The summed E-state index contributed by atoms with van der Waals surface area (Å²) in [4.78, 5) is 21.9.